The summed E-state index contributed by atoms with van der Waals surface area (Å²) in [7, 11) is 0. The number of hydrogen-bond donors (Lipinski definition) is 1. The summed E-state index contributed by atoms with van der Waals surface area (Å²) >= 11 is 0. The van der Waals surface area contributed by atoms with Crippen LogP contribution in [0.4, 0.5) is 11.4 Å². The highest BCUT2D eigenvalue weighted by molar-refractivity contribution is 6.05. The largest absolute Gasteiger partial charge is 0.370 e. The highest BCUT2D eigenvalue weighted by atomic mass is 16.1. The van der Waals surface area contributed by atoms with Gasteiger partial charge in [-0.1, -0.05) is 37.1 Å². The highest BCUT2D eigenvalue weighted by Crippen LogP contribution is 2.28. The van der Waals surface area contributed by atoms with E-state index in [0.717, 1.165) is 35.5 Å². The van der Waals surface area contributed by atoms with E-state index in [1.54, 1.807) is 0 Å². The molecule has 0 spiro atoms. The summed E-state index contributed by atoms with van der Waals surface area (Å²) in [5, 5.41) is 3.03. The van der Waals surface area contributed by atoms with Crippen molar-refractivity contribution in [1.29, 1.82) is 0 Å². The number of anilines is 2. The van der Waals surface area contributed by atoms with Crippen LogP contribution in [0, 0.1) is 0 Å². The molecule has 5 heteroatoms. The lowest BCUT2D eigenvalue weighted by molar-refractivity contribution is 0.102. The topological polar surface area (TPSA) is 58.1 Å². The number of fused-ring (bicyclic) bond motifs is 1. The third kappa shape index (κ3) is 3.52. The molecule has 26 heavy (non-hydrogen) atoms. The number of nitrogens with zero attached hydrogens (tertiary/aromatic N) is 3. The lowest BCUT2D eigenvalue weighted by Gasteiger charge is -2.25. The molecule has 0 radical (unpaired) electrons. The van der Waals surface area contributed by atoms with Crippen LogP contribution in [0.2, 0.25) is 0 Å². The average Bonchev–Trinajstić information content (AvgIpc) is 2.97. The Morgan fingerprint density at radius 3 is 2.38 bits per heavy atom. The van der Waals surface area contributed by atoms with E-state index in [1.807, 2.05) is 42.5 Å². The molecule has 2 heterocycles. The summed E-state index contributed by atoms with van der Waals surface area (Å²) in [4.78, 5) is 23.9. The van der Waals surface area contributed by atoms with Crippen molar-refractivity contribution in [3.63, 3.8) is 0 Å². The second-order valence-electron chi connectivity index (χ2n) is 6.62. The third-order valence-corrected chi connectivity index (χ3v) is 4.78. The summed E-state index contributed by atoms with van der Waals surface area (Å²) < 4.78 is 0. The van der Waals surface area contributed by atoms with Crippen molar-refractivity contribution in [1.82, 2.24) is 9.97 Å². The molecule has 1 aromatic heterocycles. The van der Waals surface area contributed by atoms with Gasteiger partial charge >= 0.3 is 0 Å². The monoisotopic (exact) mass is 346 g/mol. The predicted octanol–water partition coefficient (Wildman–Crippen LogP) is 4.26. The fourth-order valence-corrected chi connectivity index (χ4v) is 3.42. The minimum Gasteiger partial charge on any atom is -0.370 e. The number of hydrogen-bond acceptors (Lipinski definition) is 4. The Morgan fingerprint density at radius 2 is 1.58 bits per heavy atom. The van der Waals surface area contributed by atoms with Crippen molar-refractivity contribution in [2.24, 2.45) is 0 Å². The number of nitrogens with one attached hydrogen (secondary N) is 1. The molecule has 3 aromatic rings. The minimum atomic E-state index is -0.231. The molecule has 0 unspecified atom stereocenters. The van der Waals surface area contributed by atoms with Gasteiger partial charge in [0.2, 0.25) is 0 Å². The number of rotatable bonds is 3. The van der Waals surface area contributed by atoms with E-state index in [-0.39, 0.29) is 5.91 Å². The Morgan fingerprint density at radius 1 is 0.885 bits per heavy atom. The van der Waals surface area contributed by atoms with E-state index in [2.05, 4.69) is 26.3 Å². The van der Waals surface area contributed by atoms with Crippen LogP contribution in [0.3, 0.4) is 0 Å². The number of amides is 1. The Bertz CT molecular complexity index is 917. The molecule has 0 aliphatic carbocycles. The van der Waals surface area contributed by atoms with Gasteiger partial charge in [0.15, 0.2) is 0 Å². The maximum Gasteiger partial charge on any atom is 0.275 e. The van der Waals surface area contributed by atoms with Crippen LogP contribution in [0.15, 0.2) is 54.7 Å². The zero-order valence-corrected chi connectivity index (χ0v) is 14.7. The van der Waals surface area contributed by atoms with E-state index in [1.165, 1.54) is 31.9 Å². The van der Waals surface area contributed by atoms with E-state index >= 15 is 0 Å². The molecule has 132 valence electrons. The van der Waals surface area contributed by atoms with Crippen LogP contribution in [0.1, 0.15) is 36.2 Å². The first-order valence-corrected chi connectivity index (χ1v) is 9.18. The van der Waals surface area contributed by atoms with Gasteiger partial charge in [-0.05, 0) is 37.1 Å². The van der Waals surface area contributed by atoms with Gasteiger partial charge in [-0.25, -0.2) is 4.98 Å². The molecule has 5 nitrogen and oxygen atoms in total. The summed E-state index contributed by atoms with van der Waals surface area (Å²) in [6.45, 7) is 2.06. The minimum absolute atomic E-state index is 0.231. The first-order chi connectivity index (χ1) is 12.8. The van der Waals surface area contributed by atoms with Crippen molar-refractivity contribution < 1.29 is 4.79 Å². The molecule has 0 atom stereocenters. The van der Waals surface area contributed by atoms with Crippen molar-refractivity contribution in [2.45, 2.75) is 25.7 Å². The molecule has 0 bridgehead atoms. The molecule has 1 fully saturated rings. The van der Waals surface area contributed by atoms with Crippen LogP contribution >= 0.6 is 0 Å². The maximum absolute atomic E-state index is 12.7. The van der Waals surface area contributed by atoms with Gasteiger partial charge in [-0.15, -0.1) is 0 Å². The number of benzene rings is 2. The average molecular weight is 346 g/mol. The van der Waals surface area contributed by atoms with Gasteiger partial charge in [0.05, 0.1) is 28.6 Å². The number of carbonyl (C=O) groups excluding carboxylic acids is 1. The SMILES string of the molecule is O=C(Nc1ccccc1N1CCCCCC1)c1cnc2ccccc2n1. The van der Waals surface area contributed by atoms with Gasteiger partial charge in [0, 0.05) is 13.1 Å². The summed E-state index contributed by atoms with van der Waals surface area (Å²) in [5.41, 5.74) is 3.75. The lowest BCUT2D eigenvalue weighted by Crippen LogP contribution is -2.26. The summed E-state index contributed by atoms with van der Waals surface area (Å²) in [6, 6.07) is 15.6. The summed E-state index contributed by atoms with van der Waals surface area (Å²) in [5.74, 6) is -0.231. The Balaban J connectivity index is 1.58. The molecule has 4 rings (SSSR count). The van der Waals surface area contributed by atoms with Crippen molar-refractivity contribution >= 4 is 28.3 Å². The van der Waals surface area contributed by atoms with E-state index in [4.69, 9.17) is 0 Å². The van der Waals surface area contributed by atoms with E-state index < -0.39 is 0 Å². The molecular formula is C21H22N4O. The maximum atomic E-state index is 12.7. The Labute approximate surface area is 153 Å². The van der Waals surface area contributed by atoms with Gasteiger partial charge in [-0.2, -0.15) is 0 Å². The van der Waals surface area contributed by atoms with Crippen LogP contribution in [-0.4, -0.2) is 29.0 Å². The number of carbonyl (C=O) groups is 1. The number of para-hydroxylation sites is 4. The quantitative estimate of drug-likeness (QED) is 0.770. The molecule has 0 saturated carbocycles. The molecule has 1 N–H and O–H groups in total. The normalized spacial score (nSPS) is 14.8. The standard InChI is InChI=1S/C21H22N4O/c26-21(19-15-22-16-9-3-4-10-17(16)23-19)24-18-11-5-6-12-20(18)25-13-7-1-2-8-14-25/h3-6,9-12,15H,1-2,7-8,13-14H2,(H,24,26). The van der Waals surface area contributed by atoms with E-state index in [9.17, 15) is 4.79 Å². The Kier molecular flexibility index (Phi) is 4.78. The summed E-state index contributed by atoms with van der Waals surface area (Å²) in [6.07, 6.45) is 6.47. The molecule has 1 saturated heterocycles. The third-order valence-electron chi connectivity index (χ3n) is 4.78. The van der Waals surface area contributed by atoms with Crippen LogP contribution in [0.25, 0.3) is 11.0 Å². The van der Waals surface area contributed by atoms with Crippen LogP contribution in [-0.2, 0) is 0 Å². The fourth-order valence-electron chi connectivity index (χ4n) is 3.42. The van der Waals surface area contributed by atoms with Gasteiger partial charge in [-0.3, -0.25) is 9.78 Å². The zero-order chi connectivity index (χ0) is 17.8. The van der Waals surface area contributed by atoms with Crippen molar-refractivity contribution in [3.8, 4) is 0 Å². The van der Waals surface area contributed by atoms with Gasteiger partial charge in [0.25, 0.3) is 5.91 Å². The van der Waals surface area contributed by atoms with Crippen molar-refractivity contribution in [3.05, 3.63) is 60.4 Å². The fraction of sp³-hybridized carbons (Fsp3) is 0.286. The smallest absolute Gasteiger partial charge is 0.275 e. The second-order valence-corrected chi connectivity index (χ2v) is 6.62. The predicted molar refractivity (Wildman–Crippen MR) is 105 cm³/mol. The van der Waals surface area contributed by atoms with Gasteiger partial charge in [0.1, 0.15) is 5.69 Å². The first kappa shape index (κ1) is 16.5. The van der Waals surface area contributed by atoms with Crippen molar-refractivity contribution in [2.75, 3.05) is 23.3 Å². The van der Waals surface area contributed by atoms with Gasteiger partial charge < -0.3 is 10.2 Å². The van der Waals surface area contributed by atoms with Crippen LogP contribution < -0.4 is 10.2 Å². The highest BCUT2D eigenvalue weighted by Gasteiger charge is 2.16. The molecule has 1 amide bonds. The Hall–Kier alpha value is -2.95. The van der Waals surface area contributed by atoms with E-state index in [0.29, 0.717) is 5.69 Å². The number of aromatic nitrogens is 2. The zero-order valence-electron chi connectivity index (χ0n) is 14.7. The molecule has 2 aromatic carbocycles. The molecule has 1 aliphatic rings. The molecule has 1 aliphatic heterocycles. The molecular weight excluding hydrogens is 324 g/mol. The first-order valence-electron chi connectivity index (χ1n) is 9.18. The van der Waals surface area contributed by atoms with Crippen LogP contribution in [0.5, 0.6) is 0 Å². The lowest BCUT2D eigenvalue weighted by atomic mass is 10.2. The second kappa shape index (κ2) is 7.52.